The number of aliphatic carboxylic acids is 2. The molecule has 0 aromatic carbocycles. The summed E-state index contributed by atoms with van der Waals surface area (Å²) in [5.41, 5.74) is 0. The van der Waals surface area contributed by atoms with Crippen LogP contribution < -0.4 is 0 Å². The van der Waals surface area contributed by atoms with Crippen molar-refractivity contribution in [2.45, 2.75) is 70.6 Å². The summed E-state index contributed by atoms with van der Waals surface area (Å²) in [4.78, 5) is 20.5. The first-order valence-corrected chi connectivity index (χ1v) is 7.21. The minimum absolute atomic E-state index is 0.278. The number of carboxylic acid groups (broad SMARTS) is 2. The lowest BCUT2D eigenvalue weighted by Gasteiger charge is -1.97. The van der Waals surface area contributed by atoms with Gasteiger partial charge in [-0.05, 0) is 38.5 Å². The summed E-state index contributed by atoms with van der Waals surface area (Å²) in [6.45, 7) is 0. The first-order valence-electron chi connectivity index (χ1n) is 7.21. The highest BCUT2D eigenvalue weighted by Gasteiger charge is 1.96. The Bertz CT molecular complexity index is 271. The number of carboxylic acids is 2. The molecule has 0 heterocycles. The zero-order chi connectivity index (χ0) is 14.3. The highest BCUT2D eigenvalue weighted by molar-refractivity contribution is 5.66. The van der Waals surface area contributed by atoms with Crippen molar-refractivity contribution in [3.05, 3.63) is 12.2 Å². The lowest BCUT2D eigenvalue weighted by atomic mass is 10.1. The number of carbonyl (C=O) groups is 2. The van der Waals surface area contributed by atoms with Gasteiger partial charge in [-0.15, -0.1) is 0 Å². The predicted molar refractivity (Wildman–Crippen MR) is 75.2 cm³/mol. The molecule has 0 atom stereocenters. The van der Waals surface area contributed by atoms with Crippen LogP contribution in [-0.4, -0.2) is 22.2 Å². The van der Waals surface area contributed by atoms with Gasteiger partial charge in [0.15, 0.2) is 0 Å². The smallest absolute Gasteiger partial charge is 0.303 e. The van der Waals surface area contributed by atoms with Crippen LogP contribution in [0.25, 0.3) is 0 Å². The molecule has 0 saturated carbocycles. The van der Waals surface area contributed by atoms with Crippen molar-refractivity contribution >= 4 is 11.9 Å². The van der Waals surface area contributed by atoms with Crippen molar-refractivity contribution in [3.8, 4) is 0 Å². The Morgan fingerprint density at radius 3 is 1.42 bits per heavy atom. The molecule has 0 bridgehead atoms. The van der Waals surface area contributed by atoms with Crippen LogP contribution in [0.15, 0.2) is 12.2 Å². The van der Waals surface area contributed by atoms with Crippen LogP contribution in [0.3, 0.4) is 0 Å². The quantitative estimate of drug-likeness (QED) is 0.392. The third kappa shape index (κ3) is 16.7. The minimum atomic E-state index is -0.710. The molecule has 0 radical (unpaired) electrons. The number of rotatable bonds is 13. The molecule has 0 rings (SSSR count). The van der Waals surface area contributed by atoms with Crippen LogP contribution in [0.2, 0.25) is 0 Å². The number of allylic oxidation sites excluding steroid dienone is 2. The monoisotopic (exact) mass is 270 g/mol. The molecule has 0 aromatic rings. The van der Waals surface area contributed by atoms with E-state index in [1.165, 1.54) is 0 Å². The van der Waals surface area contributed by atoms with Crippen molar-refractivity contribution in [1.82, 2.24) is 0 Å². The fourth-order valence-electron chi connectivity index (χ4n) is 1.84. The third-order valence-electron chi connectivity index (χ3n) is 2.94. The Balaban J connectivity index is 3.13. The summed E-state index contributed by atoms with van der Waals surface area (Å²) in [7, 11) is 0. The van der Waals surface area contributed by atoms with Crippen LogP contribution >= 0.6 is 0 Å². The molecule has 0 unspecified atom stereocenters. The van der Waals surface area contributed by atoms with Gasteiger partial charge in [-0.1, -0.05) is 31.4 Å². The summed E-state index contributed by atoms with van der Waals surface area (Å²) in [6.07, 6.45) is 13.8. The molecule has 110 valence electrons. The maximum atomic E-state index is 10.3. The zero-order valence-corrected chi connectivity index (χ0v) is 11.6. The van der Waals surface area contributed by atoms with E-state index >= 15 is 0 Å². The van der Waals surface area contributed by atoms with Gasteiger partial charge in [0.25, 0.3) is 0 Å². The molecule has 2 N–H and O–H groups in total. The molecule has 0 spiro atoms. The van der Waals surface area contributed by atoms with Gasteiger partial charge in [0.05, 0.1) is 0 Å². The Kier molecular flexibility index (Phi) is 12.2. The maximum absolute atomic E-state index is 10.3. The summed E-state index contributed by atoms with van der Waals surface area (Å²) in [5, 5.41) is 16.9. The Morgan fingerprint density at radius 1 is 0.632 bits per heavy atom. The summed E-state index contributed by atoms with van der Waals surface area (Å²) in [6, 6.07) is 0. The van der Waals surface area contributed by atoms with Crippen LogP contribution in [0.4, 0.5) is 0 Å². The predicted octanol–water partition coefficient (Wildman–Crippen LogP) is 4.00. The molecule has 0 saturated heterocycles. The van der Waals surface area contributed by atoms with Gasteiger partial charge in [-0.25, -0.2) is 0 Å². The number of hydrogen-bond acceptors (Lipinski definition) is 2. The molecule has 0 amide bonds. The van der Waals surface area contributed by atoms with E-state index in [0.29, 0.717) is 0 Å². The second kappa shape index (κ2) is 13.1. The second-order valence-corrected chi connectivity index (χ2v) is 4.81. The second-order valence-electron chi connectivity index (χ2n) is 4.81. The van der Waals surface area contributed by atoms with E-state index in [9.17, 15) is 9.59 Å². The Hall–Kier alpha value is -1.32. The van der Waals surface area contributed by atoms with E-state index in [0.717, 1.165) is 57.8 Å². The van der Waals surface area contributed by atoms with Gasteiger partial charge in [0.2, 0.25) is 0 Å². The lowest BCUT2D eigenvalue weighted by Crippen LogP contribution is -1.93. The van der Waals surface area contributed by atoms with Gasteiger partial charge in [-0.3, -0.25) is 9.59 Å². The van der Waals surface area contributed by atoms with Gasteiger partial charge < -0.3 is 10.2 Å². The fourth-order valence-corrected chi connectivity index (χ4v) is 1.84. The average Bonchev–Trinajstić information content (AvgIpc) is 2.34. The van der Waals surface area contributed by atoms with E-state index in [4.69, 9.17) is 10.2 Å². The SMILES string of the molecule is O=C(O)CCCCC/C=C\CCCCCCC(=O)O. The maximum Gasteiger partial charge on any atom is 0.303 e. The van der Waals surface area contributed by atoms with E-state index < -0.39 is 11.9 Å². The van der Waals surface area contributed by atoms with E-state index in [1.807, 2.05) is 0 Å². The highest BCUT2D eigenvalue weighted by atomic mass is 16.4. The lowest BCUT2D eigenvalue weighted by molar-refractivity contribution is -0.138. The molecule has 0 aromatic heterocycles. The largest absolute Gasteiger partial charge is 0.481 e. The standard InChI is InChI=1S/C15H26O4/c16-14(17)12-10-8-6-4-2-1-3-5-7-9-11-13-15(18)19/h1-2H,3-13H2,(H,16,17)(H,18,19)/b2-1-. The zero-order valence-electron chi connectivity index (χ0n) is 11.6. The topological polar surface area (TPSA) is 74.6 Å². The average molecular weight is 270 g/mol. The molecule has 4 heteroatoms. The normalized spacial score (nSPS) is 10.9. The van der Waals surface area contributed by atoms with Crippen molar-refractivity contribution in [2.75, 3.05) is 0 Å². The van der Waals surface area contributed by atoms with Crippen molar-refractivity contribution < 1.29 is 19.8 Å². The molecule has 0 aliphatic heterocycles. The van der Waals surface area contributed by atoms with Gasteiger partial charge in [0.1, 0.15) is 0 Å². The van der Waals surface area contributed by atoms with Crippen LogP contribution in [0.5, 0.6) is 0 Å². The molecule has 0 fully saturated rings. The van der Waals surface area contributed by atoms with Crippen LogP contribution in [-0.2, 0) is 9.59 Å². The molecular weight excluding hydrogens is 244 g/mol. The van der Waals surface area contributed by atoms with Crippen molar-refractivity contribution in [1.29, 1.82) is 0 Å². The third-order valence-corrected chi connectivity index (χ3v) is 2.94. The van der Waals surface area contributed by atoms with Gasteiger partial charge in [-0.2, -0.15) is 0 Å². The summed E-state index contributed by atoms with van der Waals surface area (Å²) < 4.78 is 0. The van der Waals surface area contributed by atoms with E-state index in [-0.39, 0.29) is 12.8 Å². The first kappa shape index (κ1) is 17.7. The summed E-state index contributed by atoms with van der Waals surface area (Å²) >= 11 is 0. The molecule has 0 aliphatic rings. The number of unbranched alkanes of at least 4 members (excludes halogenated alkanes) is 7. The van der Waals surface area contributed by atoms with Gasteiger partial charge in [0, 0.05) is 12.8 Å². The highest BCUT2D eigenvalue weighted by Crippen LogP contribution is 2.07. The van der Waals surface area contributed by atoms with Crippen molar-refractivity contribution in [2.24, 2.45) is 0 Å². The minimum Gasteiger partial charge on any atom is -0.481 e. The van der Waals surface area contributed by atoms with Crippen LogP contribution in [0.1, 0.15) is 70.6 Å². The Morgan fingerprint density at radius 2 is 1.00 bits per heavy atom. The fraction of sp³-hybridized carbons (Fsp3) is 0.733. The first-order chi connectivity index (χ1) is 9.13. The van der Waals surface area contributed by atoms with Gasteiger partial charge >= 0.3 is 11.9 Å². The molecule has 19 heavy (non-hydrogen) atoms. The Labute approximate surface area is 115 Å². The molecule has 4 nitrogen and oxygen atoms in total. The van der Waals surface area contributed by atoms with Crippen LogP contribution in [0, 0.1) is 0 Å². The van der Waals surface area contributed by atoms with E-state index in [1.54, 1.807) is 0 Å². The summed E-state index contributed by atoms with van der Waals surface area (Å²) in [5.74, 6) is -1.42. The molecular formula is C15H26O4. The van der Waals surface area contributed by atoms with E-state index in [2.05, 4.69) is 12.2 Å². The molecule has 0 aliphatic carbocycles. The van der Waals surface area contributed by atoms with Crippen molar-refractivity contribution in [3.63, 3.8) is 0 Å². The number of hydrogen-bond donors (Lipinski definition) is 2.